The van der Waals surface area contributed by atoms with Crippen molar-refractivity contribution in [3.05, 3.63) is 83.6 Å². The highest BCUT2D eigenvalue weighted by molar-refractivity contribution is 6.08. The van der Waals surface area contributed by atoms with Crippen molar-refractivity contribution >= 4 is 27.7 Å². The van der Waals surface area contributed by atoms with E-state index in [1.54, 1.807) is 30.5 Å². The van der Waals surface area contributed by atoms with Crippen molar-refractivity contribution in [1.82, 2.24) is 0 Å². The van der Waals surface area contributed by atoms with E-state index in [0.717, 1.165) is 32.9 Å². The lowest BCUT2D eigenvalue weighted by Crippen LogP contribution is -2.07. The molecule has 4 aromatic rings. The third-order valence-electron chi connectivity index (χ3n) is 4.36. The van der Waals surface area contributed by atoms with Gasteiger partial charge in [0.25, 0.3) is 0 Å². The first kappa shape index (κ1) is 15.9. The molecule has 4 nitrogen and oxygen atoms in total. The van der Waals surface area contributed by atoms with E-state index in [-0.39, 0.29) is 19.0 Å². The van der Waals surface area contributed by atoms with Crippen LogP contribution in [0.25, 0.3) is 21.7 Å². The molecule has 3 aromatic carbocycles. The van der Waals surface area contributed by atoms with Gasteiger partial charge in [0.1, 0.15) is 12.2 Å². The van der Waals surface area contributed by atoms with Gasteiger partial charge in [-0.3, -0.25) is 4.79 Å². The van der Waals surface area contributed by atoms with Crippen LogP contribution in [0.1, 0.15) is 16.7 Å². The maximum absolute atomic E-state index is 12.3. The Labute approximate surface area is 150 Å². The van der Waals surface area contributed by atoms with Crippen molar-refractivity contribution in [2.45, 2.75) is 13.0 Å². The fourth-order valence-electron chi connectivity index (χ4n) is 3.05. The second-order valence-electron chi connectivity index (χ2n) is 6.07. The molecular weight excluding hydrogens is 326 g/mol. The van der Waals surface area contributed by atoms with Crippen LogP contribution in [0.15, 0.2) is 71.3 Å². The van der Waals surface area contributed by atoms with Crippen LogP contribution >= 0.6 is 0 Å². The molecule has 0 amide bonds. The van der Waals surface area contributed by atoms with Crippen molar-refractivity contribution < 1.29 is 13.9 Å². The summed E-state index contributed by atoms with van der Waals surface area (Å²) in [6.45, 7) is 0.182. The summed E-state index contributed by atoms with van der Waals surface area (Å²) in [4.78, 5) is 12.3. The number of rotatable bonds is 4. The Bertz CT molecular complexity index is 1130. The Kier molecular flexibility index (Phi) is 4.12. The van der Waals surface area contributed by atoms with Crippen LogP contribution in [-0.2, 0) is 22.6 Å². The molecule has 4 heteroatoms. The Hall–Kier alpha value is -3.58. The predicted molar refractivity (Wildman–Crippen MR) is 98.4 cm³/mol. The Balaban J connectivity index is 1.52. The number of carbonyl (C=O) groups is 1. The smallest absolute Gasteiger partial charge is 0.310 e. The Morgan fingerprint density at radius 2 is 1.85 bits per heavy atom. The molecule has 0 spiro atoms. The van der Waals surface area contributed by atoms with Gasteiger partial charge in [0.15, 0.2) is 0 Å². The van der Waals surface area contributed by atoms with E-state index in [1.807, 2.05) is 36.4 Å². The van der Waals surface area contributed by atoms with Gasteiger partial charge in [-0.25, -0.2) is 0 Å². The Morgan fingerprint density at radius 3 is 2.65 bits per heavy atom. The monoisotopic (exact) mass is 341 g/mol. The molecule has 0 bridgehead atoms. The number of hydrogen-bond acceptors (Lipinski definition) is 4. The van der Waals surface area contributed by atoms with Gasteiger partial charge in [0.05, 0.1) is 24.3 Å². The molecule has 0 fully saturated rings. The molecule has 0 saturated heterocycles. The number of benzene rings is 3. The maximum Gasteiger partial charge on any atom is 0.310 e. The third-order valence-corrected chi connectivity index (χ3v) is 4.36. The van der Waals surface area contributed by atoms with Gasteiger partial charge in [-0.1, -0.05) is 42.5 Å². The van der Waals surface area contributed by atoms with Gasteiger partial charge >= 0.3 is 5.97 Å². The lowest BCUT2D eigenvalue weighted by atomic mass is 10.0. The topological polar surface area (TPSA) is 63.2 Å². The Morgan fingerprint density at radius 1 is 1.04 bits per heavy atom. The summed E-state index contributed by atoms with van der Waals surface area (Å²) in [7, 11) is 0. The summed E-state index contributed by atoms with van der Waals surface area (Å²) in [5.41, 5.74) is 3.01. The summed E-state index contributed by atoms with van der Waals surface area (Å²) >= 11 is 0. The average Bonchev–Trinajstić information content (AvgIpc) is 3.10. The van der Waals surface area contributed by atoms with Crippen LogP contribution in [0.2, 0.25) is 0 Å². The lowest BCUT2D eigenvalue weighted by molar-refractivity contribution is -0.144. The van der Waals surface area contributed by atoms with Crippen LogP contribution in [0.4, 0.5) is 0 Å². The summed E-state index contributed by atoms with van der Waals surface area (Å²) in [5.74, 6) is -0.315. The number of carbonyl (C=O) groups excluding carboxylic acids is 1. The van der Waals surface area contributed by atoms with Gasteiger partial charge in [0, 0.05) is 10.9 Å². The summed E-state index contributed by atoms with van der Waals surface area (Å²) in [6, 6.07) is 21.0. The minimum atomic E-state index is -0.315. The third kappa shape index (κ3) is 3.03. The van der Waals surface area contributed by atoms with E-state index in [4.69, 9.17) is 14.4 Å². The molecule has 0 N–H and O–H groups in total. The molecule has 0 saturated carbocycles. The second kappa shape index (κ2) is 6.73. The van der Waals surface area contributed by atoms with Gasteiger partial charge in [-0.05, 0) is 34.5 Å². The zero-order chi connectivity index (χ0) is 17.9. The molecular formula is C22H15NO3. The molecule has 0 unspecified atom stereocenters. The number of nitrogens with zero attached hydrogens (tertiary/aromatic N) is 1. The van der Waals surface area contributed by atoms with E-state index in [2.05, 4.69) is 6.07 Å². The van der Waals surface area contributed by atoms with Crippen LogP contribution in [0.5, 0.6) is 0 Å². The van der Waals surface area contributed by atoms with Gasteiger partial charge in [-0.2, -0.15) is 5.26 Å². The fourth-order valence-corrected chi connectivity index (χ4v) is 3.05. The van der Waals surface area contributed by atoms with Crippen molar-refractivity contribution in [2.24, 2.45) is 0 Å². The van der Waals surface area contributed by atoms with Crippen molar-refractivity contribution in [2.75, 3.05) is 0 Å². The highest BCUT2D eigenvalue weighted by atomic mass is 16.5. The van der Waals surface area contributed by atoms with E-state index in [9.17, 15) is 4.79 Å². The molecule has 0 radical (unpaired) electrons. The summed E-state index contributed by atoms with van der Waals surface area (Å²) in [5, 5.41) is 11.9. The number of hydrogen-bond donors (Lipinski definition) is 0. The summed E-state index contributed by atoms with van der Waals surface area (Å²) < 4.78 is 11.0. The molecule has 1 aromatic heterocycles. The lowest BCUT2D eigenvalue weighted by Gasteiger charge is -2.05. The molecule has 26 heavy (non-hydrogen) atoms. The van der Waals surface area contributed by atoms with Crippen molar-refractivity contribution in [1.29, 1.82) is 5.26 Å². The number of furan rings is 1. The number of fused-ring (bicyclic) bond motifs is 3. The van der Waals surface area contributed by atoms with Crippen molar-refractivity contribution in [3.63, 3.8) is 0 Å². The largest absolute Gasteiger partial charge is 0.464 e. The molecule has 0 aliphatic rings. The molecule has 4 rings (SSSR count). The quantitative estimate of drug-likeness (QED) is 0.503. The van der Waals surface area contributed by atoms with Crippen LogP contribution in [0, 0.1) is 11.3 Å². The molecule has 0 atom stereocenters. The summed E-state index contributed by atoms with van der Waals surface area (Å²) in [6.07, 6.45) is 1.78. The zero-order valence-corrected chi connectivity index (χ0v) is 13.9. The maximum atomic E-state index is 12.3. The predicted octanol–water partition coefficient (Wildman–Crippen LogP) is 4.74. The van der Waals surface area contributed by atoms with Crippen LogP contribution < -0.4 is 0 Å². The normalized spacial score (nSPS) is 10.7. The SMILES string of the molecule is N#Cc1ccc(COC(=O)Cc2coc3ccc4ccccc4c23)cc1. The minimum Gasteiger partial charge on any atom is -0.464 e. The highest BCUT2D eigenvalue weighted by Gasteiger charge is 2.14. The van der Waals surface area contributed by atoms with Gasteiger partial charge in [-0.15, -0.1) is 0 Å². The molecule has 1 heterocycles. The van der Waals surface area contributed by atoms with Gasteiger partial charge in [0.2, 0.25) is 0 Å². The number of ether oxygens (including phenoxy) is 1. The first-order valence-corrected chi connectivity index (χ1v) is 8.27. The number of nitriles is 1. The second-order valence-corrected chi connectivity index (χ2v) is 6.07. The van der Waals surface area contributed by atoms with E-state index >= 15 is 0 Å². The van der Waals surface area contributed by atoms with E-state index < -0.39 is 0 Å². The first-order chi connectivity index (χ1) is 12.7. The first-order valence-electron chi connectivity index (χ1n) is 8.27. The fraction of sp³-hybridized carbons (Fsp3) is 0.0909. The molecule has 0 aliphatic carbocycles. The van der Waals surface area contributed by atoms with E-state index in [1.165, 1.54) is 0 Å². The molecule has 126 valence electrons. The minimum absolute atomic E-state index is 0.150. The van der Waals surface area contributed by atoms with Gasteiger partial charge < -0.3 is 9.15 Å². The van der Waals surface area contributed by atoms with Crippen molar-refractivity contribution in [3.8, 4) is 6.07 Å². The number of esters is 1. The van der Waals surface area contributed by atoms with Crippen LogP contribution in [0.3, 0.4) is 0 Å². The standard InChI is InChI=1S/C22H15NO3/c23-12-15-5-7-16(8-6-15)13-26-21(24)11-18-14-25-20-10-9-17-3-1-2-4-19(17)22(18)20/h1-10,14H,11,13H2. The highest BCUT2D eigenvalue weighted by Crippen LogP contribution is 2.30. The average molecular weight is 341 g/mol. The van der Waals surface area contributed by atoms with Crippen LogP contribution in [-0.4, -0.2) is 5.97 Å². The van der Waals surface area contributed by atoms with E-state index in [0.29, 0.717) is 5.56 Å². The molecule has 0 aliphatic heterocycles. The zero-order valence-electron chi connectivity index (χ0n) is 13.9.